The number of ether oxygens (including phenoxy) is 2. The second kappa shape index (κ2) is 9.85. The quantitative estimate of drug-likeness (QED) is 0.333. The van der Waals surface area contributed by atoms with Crippen LogP contribution in [-0.4, -0.2) is 22.5 Å². The Hall–Kier alpha value is -3.35. The lowest BCUT2D eigenvalue weighted by molar-refractivity contribution is 0.269. The molecule has 162 valence electrons. The molecule has 0 atom stereocenters. The molecule has 0 fully saturated rings. The van der Waals surface area contributed by atoms with Crippen LogP contribution >= 0.6 is 23.2 Å². The Kier molecular flexibility index (Phi) is 6.73. The molecule has 0 spiro atoms. The van der Waals surface area contributed by atoms with E-state index >= 15 is 0 Å². The van der Waals surface area contributed by atoms with Crippen LogP contribution in [0.15, 0.2) is 76.9 Å². The average Bonchev–Trinajstić information content (AvgIpc) is 2.79. The third kappa shape index (κ3) is 4.93. The zero-order chi connectivity index (χ0) is 22.5. The lowest BCUT2D eigenvalue weighted by atomic mass is 10.2. The van der Waals surface area contributed by atoms with Gasteiger partial charge in [-0.15, -0.1) is 0 Å². The van der Waals surface area contributed by atoms with Gasteiger partial charge in [0.1, 0.15) is 12.9 Å². The maximum absolute atomic E-state index is 12.6. The lowest BCUT2D eigenvalue weighted by Gasteiger charge is -2.13. The first kappa shape index (κ1) is 21.9. The van der Waals surface area contributed by atoms with E-state index in [9.17, 15) is 4.79 Å². The highest BCUT2D eigenvalue weighted by Crippen LogP contribution is 2.30. The minimum atomic E-state index is -0.239. The predicted molar refractivity (Wildman–Crippen MR) is 127 cm³/mol. The van der Waals surface area contributed by atoms with Gasteiger partial charge in [-0.1, -0.05) is 41.4 Å². The fourth-order valence-electron chi connectivity index (χ4n) is 3.06. The molecule has 0 unspecified atom stereocenters. The molecule has 0 radical (unpaired) electrons. The minimum absolute atomic E-state index is 0.239. The first-order valence-electron chi connectivity index (χ1n) is 9.89. The smallest absolute Gasteiger partial charge is 0.281 e. The van der Waals surface area contributed by atoms with Crippen molar-refractivity contribution < 1.29 is 9.47 Å². The van der Waals surface area contributed by atoms with Crippen molar-refractivity contribution in [3.05, 3.63) is 98.5 Å². The summed E-state index contributed by atoms with van der Waals surface area (Å²) >= 11 is 12.2. The van der Waals surface area contributed by atoms with Gasteiger partial charge in [0.2, 0.25) is 0 Å². The molecule has 0 aliphatic carbocycles. The number of para-hydroxylation sites is 1. The third-order valence-electron chi connectivity index (χ3n) is 4.65. The van der Waals surface area contributed by atoms with Gasteiger partial charge in [-0.3, -0.25) is 4.79 Å². The topological polar surface area (TPSA) is 65.7 Å². The monoisotopic (exact) mass is 467 g/mol. The largest absolute Gasteiger partial charge is 0.490 e. The number of aromatic nitrogens is 2. The number of halogens is 2. The molecule has 32 heavy (non-hydrogen) atoms. The fourth-order valence-corrected chi connectivity index (χ4v) is 3.52. The maximum atomic E-state index is 12.6. The standard InChI is InChI=1S/C24H19Cl2N3O3/c1-2-31-23-11-16(7-10-22(23)32-14-17-8-9-18(25)12-20(17)26)13-28-29-15-27-21-6-4-3-5-19(21)24(29)30/h3-13,15H,2,14H2,1H3/b28-13+. The molecule has 0 aliphatic rings. The molecule has 0 bridgehead atoms. The van der Waals surface area contributed by atoms with Crippen LogP contribution < -0.4 is 15.0 Å². The highest BCUT2D eigenvalue weighted by atomic mass is 35.5. The summed E-state index contributed by atoms with van der Waals surface area (Å²) in [6.45, 7) is 2.62. The van der Waals surface area contributed by atoms with Gasteiger partial charge in [0.15, 0.2) is 11.5 Å². The van der Waals surface area contributed by atoms with Crippen molar-refractivity contribution >= 4 is 40.3 Å². The summed E-state index contributed by atoms with van der Waals surface area (Å²) < 4.78 is 12.9. The van der Waals surface area contributed by atoms with Gasteiger partial charge in [-0.05, 0) is 55.0 Å². The van der Waals surface area contributed by atoms with E-state index in [-0.39, 0.29) is 12.2 Å². The Morgan fingerprint density at radius 1 is 1.03 bits per heavy atom. The van der Waals surface area contributed by atoms with Crippen molar-refractivity contribution in [1.82, 2.24) is 9.66 Å². The van der Waals surface area contributed by atoms with Crippen LogP contribution in [0.25, 0.3) is 10.9 Å². The van der Waals surface area contributed by atoms with Crippen LogP contribution in [0, 0.1) is 0 Å². The Morgan fingerprint density at radius 2 is 1.88 bits per heavy atom. The molecular weight excluding hydrogens is 449 g/mol. The van der Waals surface area contributed by atoms with E-state index in [1.165, 1.54) is 11.0 Å². The Balaban J connectivity index is 1.56. The predicted octanol–water partition coefficient (Wildman–Crippen LogP) is 5.56. The molecular formula is C24H19Cl2N3O3. The van der Waals surface area contributed by atoms with E-state index in [4.69, 9.17) is 32.7 Å². The van der Waals surface area contributed by atoms with E-state index in [2.05, 4.69) is 10.1 Å². The van der Waals surface area contributed by atoms with Gasteiger partial charge in [0.05, 0.1) is 23.7 Å². The fraction of sp³-hybridized carbons (Fsp3) is 0.125. The summed E-state index contributed by atoms with van der Waals surface area (Å²) in [5, 5.41) is 5.87. The van der Waals surface area contributed by atoms with E-state index in [1.54, 1.807) is 48.7 Å². The molecule has 1 aromatic heterocycles. The molecule has 0 saturated carbocycles. The zero-order valence-corrected chi connectivity index (χ0v) is 18.7. The Morgan fingerprint density at radius 3 is 2.69 bits per heavy atom. The molecule has 8 heteroatoms. The summed E-state index contributed by atoms with van der Waals surface area (Å²) in [6.07, 6.45) is 2.97. The maximum Gasteiger partial charge on any atom is 0.281 e. The van der Waals surface area contributed by atoms with Crippen LogP contribution in [0.2, 0.25) is 10.0 Å². The molecule has 1 heterocycles. The minimum Gasteiger partial charge on any atom is -0.490 e. The highest BCUT2D eigenvalue weighted by Gasteiger charge is 2.09. The first-order valence-corrected chi connectivity index (χ1v) is 10.6. The Bertz CT molecular complexity index is 1350. The number of hydrogen-bond acceptors (Lipinski definition) is 5. The van der Waals surface area contributed by atoms with E-state index in [0.29, 0.717) is 39.1 Å². The molecule has 0 saturated heterocycles. The van der Waals surface area contributed by atoms with E-state index < -0.39 is 0 Å². The van der Waals surface area contributed by atoms with Crippen LogP contribution in [0.5, 0.6) is 11.5 Å². The molecule has 4 rings (SSSR count). The Labute approximate surface area is 194 Å². The van der Waals surface area contributed by atoms with Gasteiger partial charge in [0, 0.05) is 15.6 Å². The van der Waals surface area contributed by atoms with Crippen LogP contribution in [0.3, 0.4) is 0 Å². The van der Waals surface area contributed by atoms with Gasteiger partial charge in [-0.2, -0.15) is 9.78 Å². The summed E-state index contributed by atoms with van der Waals surface area (Å²) in [7, 11) is 0. The van der Waals surface area contributed by atoms with Crippen molar-refractivity contribution in [1.29, 1.82) is 0 Å². The molecule has 0 aliphatic heterocycles. The number of fused-ring (bicyclic) bond motifs is 1. The van der Waals surface area contributed by atoms with Crippen LogP contribution in [-0.2, 0) is 6.61 Å². The van der Waals surface area contributed by atoms with Crippen molar-refractivity contribution in [3.63, 3.8) is 0 Å². The second-order valence-electron chi connectivity index (χ2n) is 6.82. The van der Waals surface area contributed by atoms with Gasteiger partial charge < -0.3 is 9.47 Å². The normalized spacial score (nSPS) is 11.2. The third-order valence-corrected chi connectivity index (χ3v) is 5.23. The van der Waals surface area contributed by atoms with Gasteiger partial charge >= 0.3 is 0 Å². The van der Waals surface area contributed by atoms with Gasteiger partial charge in [0.25, 0.3) is 5.56 Å². The van der Waals surface area contributed by atoms with Crippen LogP contribution in [0.4, 0.5) is 0 Å². The zero-order valence-electron chi connectivity index (χ0n) is 17.2. The van der Waals surface area contributed by atoms with Crippen LogP contribution in [0.1, 0.15) is 18.1 Å². The lowest BCUT2D eigenvalue weighted by Crippen LogP contribution is -2.16. The number of benzene rings is 3. The second-order valence-corrected chi connectivity index (χ2v) is 7.66. The molecule has 6 nitrogen and oxygen atoms in total. The number of hydrogen-bond donors (Lipinski definition) is 0. The summed E-state index contributed by atoms with van der Waals surface area (Å²) in [4.78, 5) is 16.9. The first-order chi connectivity index (χ1) is 15.5. The van der Waals surface area contributed by atoms with Crippen molar-refractivity contribution in [3.8, 4) is 11.5 Å². The average molecular weight is 468 g/mol. The summed E-state index contributed by atoms with van der Waals surface area (Å²) in [5.41, 5.74) is 1.94. The summed E-state index contributed by atoms with van der Waals surface area (Å²) in [5.74, 6) is 1.13. The molecule has 0 amide bonds. The van der Waals surface area contributed by atoms with E-state index in [0.717, 1.165) is 11.1 Å². The highest BCUT2D eigenvalue weighted by molar-refractivity contribution is 6.35. The SMILES string of the molecule is CCOc1cc(/C=N/n2cnc3ccccc3c2=O)ccc1OCc1ccc(Cl)cc1Cl. The molecule has 3 aromatic carbocycles. The molecule has 4 aromatic rings. The van der Waals surface area contributed by atoms with E-state index in [1.807, 2.05) is 25.1 Å². The van der Waals surface area contributed by atoms with Gasteiger partial charge in [-0.25, -0.2) is 4.98 Å². The van der Waals surface area contributed by atoms with Crippen molar-refractivity contribution in [2.75, 3.05) is 6.61 Å². The number of rotatable bonds is 7. The van der Waals surface area contributed by atoms with Crippen molar-refractivity contribution in [2.24, 2.45) is 5.10 Å². The van der Waals surface area contributed by atoms with Crippen molar-refractivity contribution in [2.45, 2.75) is 13.5 Å². The number of nitrogens with zero attached hydrogens (tertiary/aromatic N) is 3. The molecule has 0 N–H and O–H groups in total. The summed E-state index contributed by atoms with van der Waals surface area (Å²) in [6, 6.07) is 17.8.